The predicted octanol–water partition coefficient (Wildman–Crippen LogP) is 1.96. The zero-order valence-electron chi connectivity index (χ0n) is 15.1. The molecule has 0 bridgehead atoms. The molecule has 1 aliphatic heterocycles. The highest BCUT2D eigenvalue weighted by molar-refractivity contribution is 5.84. The first-order valence-electron chi connectivity index (χ1n) is 9.24. The minimum atomic E-state index is -0.0342. The molecule has 6 nitrogen and oxygen atoms in total. The molecular formula is C20H24N2O4. The molecule has 1 aromatic carbocycles. The Morgan fingerprint density at radius 2 is 2.00 bits per heavy atom. The first kappa shape index (κ1) is 17.1. The smallest absolute Gasteiger partial charge is 0.260 e. The molecule has 0 unspecified atom stereocenters. The van der Waals surface area contributed by atoms with Crippen LogP contribution in [0.2, 0.25) is 0 Å². The Morgan fingerprint density at radius 1 is 1.23 bits per heavy atom. The molecule has 2 aliphatic rings. The van der Waals surface area contributed by atoms with E-state index in [9.17, 15) is 9.59 Å². The molecule has 0 atom stereocenters. The lowest BCUT2D eigenvalue weighted by atomic mass is 10.1. The second-order valence-corrected chi connectivity index (χ2v) is 7.18. The highest BCUT2D eigenvalue weighted by Gasteiger charge is 2.23. The summed E-state index contributed by atoms with van der Waals surface area (Å²) < 4.78 is 12.8. The van der Waals surface area contributed by atoms with Crippen molar-refractivity contribution in [1.82, 2.24) is 9.47 Å². The van der Waals surface area contributed by atoms with E-state index in [1.165, 1.54) is 12.8 Å². The SMILES string of the molecule is Cc1cc(=O)n(CC2CC2)c2cc(OCC(=O)N3CCOCC3)ccc12. The molecule has 0 radical (unpaired) electrons. The van der Waals surface area contributed by atoms with Gasteiger partial charge in [-0.05, 0) is 43.4 Å². The van der Waals surface area contributed by atoms with Crippen LogP contribution in [-0.2, 0) is 16.1 Å². The van der Waals surface area contributed by atoms with Crippen molar-refractivity contribution < 1.29 is 14.3 Å². The van der Waals surface area contributed by atoms with Crippen molar-refractivity contribution in [3.05, 3.63) is 40.2 Å². The summed E-state index contributed by atoms with van der Waals surface area (Å²) in [5.41, 5.74) is 1.88. The van der Waals surface area contributed by atoms with Gasteiger partial charge in [0, 0.05) is 37.2 Å². The minimum Gasteiger partial charge on any atom is -0.484 e. The average molecular weight is 356 g/mol. The van der Waals surface area contributed by atoms with Crippen LogP contribution in [0.4, 0.5) is 0 Å². The van der Waals surface area contributed by atoms with Crippen LogP contribution in [0, 0.1) is 12.8 Å². The van der Waals surface area contributed by atoms with Crippen LogP contribution in [-0.4, -0.2) is 48.3 Å². The summed E-state index contributed by atoms with van der Waals surface area (Å²) in [5, 5.41) is 1.05. The number of nitrogens with zero attached hydrogens (tertiary/aromatic N) is 2. The molecule has 1 saturated heterocycles. The summed E-state index contributed by atoms with van der Waals surface area (Å²) >= 11 is 0. The van der Waals surface area contributed by atoms with Gasteiger partial charge < -0.3 is 18.9 Å². The molecular weight excluding hydrogens is 332 g/mol. The van der Waals surface area contributed by atoms with Crippen molar-refractivity contribution >= 4 is 16.8 Å². The topological polar surface area (TPSA) is 60.8 Å². The number of pyridine rings is 1. The number of morpholine rings is 1. The summed E-state index contributed by atoms with van der Waals surface area (Å²) in [6, 6.07) is 7.43. The van der Waals surface area contributed by atoms with Gasteiger partial charge in [-0.2, -0.15) is 0 Å². The Kier molecular flexibility index (Phi) is 4.68. The van der Waals surface area contributed by atoms with E-state index in [2.05, 4.69) is 0 Å². The summed E-state index contributed by atoms with van der Waals surface area (Å²) in [6.07, 6.45) is 2.37. The summed E-state index contributed by atoms with van der Waals surface area (Å²) in [6.45, 7) is 5.09. The molecule has 0 spiro atoms. The molecule has 1 aliphatic carbocycles. The second-order valence-electron chi connectivity index (χ2n) is 7.18. The van der Waals surface area contributed by atoms with Gasteiger partial charge in [0.25, 0.3) is 11.5 Å². The van der Waals surface area contributed by atoms with Crippen molar-refractivity contribution in [3.63, 3.8) is 0 Å². The monoisotopic (exact) mass is 356 g/mol. The normalized spacial score (nSPS) is 17.5. The number of hydrogen-bond acceptors (Lipinski definition) is 4. The van der Waals surface area contributed by atoms with Gasteiger partial charge in [0.05, 0.1) is 18.7 Å². The number of carbonyl (C=O) groups excluding carboxylic acids is 1. The van der Waals surface area contributed by atoms with Crippen LogP contribution in [0.1, 0.15) is 18.4 Å². The number of carbonyl (C=O) groups is 1. The largest absolute Gasteiger partial charge is 0.484 e. The zero-order chi connectivity index (χ0) is 18.1. The van der Waals surface area contributed by atoms with Gasteiger partial charge in [-0.25, -0.2) is 0 Å². The molecule has 2 heterocycles. The van der Waals surface area contributed by atoms with Crippen LogP contribution in [0.15, 0.2) is 29.1 Å². The average Bonchev–Trinajstić information content (AvgIpc) is 3.48. The molecule has 1 saturated carbocycles. The number of rotatable bonds is 5. The number of amides is 1. The molecule has 2 aromatic rings. The molecule has 1 amide bonds. The van der Waals surface area contributed by atoms with E-state index in [1.54, 1.807) is 11.0 Å². The van der Waals surface area contributed by atoms with E-state index in [4.69, 9.17) is 9.47 Å². The van der Waals surface area contributed by atoms with E-state index >= 15 is 0 Å². The lowest BCUT2D eigenvalue weighted by Crippen LogP contribution is -2.42. The van der Waals surface area contributed by atoms with Gasteiger partial charge in [-0.3, -0.25) is 9.59 Å². The lowest BCUT2D eigenvalue weighted by molar-refractivity contribution is -0.137. The van der Waals surface area contributed by atoms with Crippen LogP contribution < -0.4 is 10.3 Å². The maximum absolute atomic E-state index is 12.5. The highest BCUT2D eigenvalue weighted by atomic mass is 16.5. The number of aryl methyl sites for hydroxylation is 1. The third kappa shape index (κ3) is 3.60. The van der Waals surface area contributed by atoms with Gasteiger partial charge in [-0.15, -0.1) is 0 Å². The third-order valence-corrected chi connectivity index (χ3v) is 5.15. The van der Waals surface area contributed by atoms with E-state index in [0.29, 0.717) is 38.0 Å². The van der Waals surface area contributed by atoms with E-state index < -0.39 is 0 Å². The van der Waals surface area contributed by atoms with Crippen molar-refractivity contribution in [2.24, 2.45) is 5.92 Å². The quantitative estimate of drug-likeness (QED) is 0.822. The zero-order valence-corrected chi connectivity index (χ0v) is 15.1. The number of aromatic nitrogens is 1. The van der Waals surface area contributed by atoms with Crippen LogP contribution in [0.25, 0.3) is 10.9 Å². The van der Waals surface area contributed by atoms with Crippen LogP contribution in [0.3, 0.4) is 0 Å². The van der Waals surface area contributed by atoms with Gasteiger partial charge in [0.2, 0.25) is 0 Å². The number of fused-ring (bicyclic) bond motifs is 1. The van der Waals surface area contributed by atoms with Crippen LogP contribution >= 0.6 is 0 Å². The Bertz CT molecular complexity index is 879. The van der Waals surface area contributed by atoms with Gasteiger partial charge in [-0.1, -0.05) is 0 Å². The Labute approximate surface area is 152 Å². The lowest BCUT2D eigenvalue weighted by Gasteiger charge is -2.26. The van der Waals surface area contributed by atoms with Crippen molar-refractivity contribution in [1.29, 1.82) is 0 Å². The fourth-order valence-electron chi connectivity index (χ4n) is 3.41. The first-order valence-corrected chi connectivity index (χ1v) is 9.24. The Balaban J connectivity index is 1.55. The predicted molar refractivity (Wildman–Crippen MR) is 98.6 cm³/mol. The third-order valence-electron chi connectivity index (χ3n) is 5.15. The molecule has 6 heteroatoms. The van der Waals surface area contributed by atoms with Gasteiger partial charge in [0.1, 0.15) is 5.75 Å². The maximum Gasteiger partial charge on any atom is 0.260 e. The second kappa shape index (κ2) is 7.11. The van der Waals surface area contributed by atoms with Gasteiger partial charge >= 0.3 is 0 Å². The van der Waals surface area contributed by atoms with E-state index in [-0.39, 0.29) is 18.1 Å². The number of ether oxygens (including phenoxy) is 2. The van der Waals surface area contributed by atoms with Crippen molar-refractivity contribution in [2.75, 3.05) is 32.9 Å². The fourth-order valence-corrected chi connectivity index (χ4v) is 3.41. The van der Waals surface area contributed by atoms with E-state index in [1.807, 2.05) is 29.7 Å². The number of hydrogen-bond donors (Lipinski definition) is 0. The van der Waals surface area contributed by atoms with Crippen molar-refractivity contribution in [3.8, 4) is 5.75 Å². The number of benzene rings is 1. The summed E-state index contributed by atoms with van der Waals surface area (Å²) in [5.74, 6) is 1.19. The fraction of sp³-hybridized carbons (Fsp3) is 0.500. The van der Waals surface area contributed by atoms with Crippen LogP contribution in [0.5, 0.6) is 5.75 Å². The molecule has 138 valence electrons. The molecule has 4 rings (SSSR count). The molecule has 26 heavy (non-hydrogen) atoms. The van der Waals surface area contributed by atoms with Gasteiger partial charge in [0.15, 0.2) is 6.61 Å². The summed E-state index contributed by atoms with van der Waals surface area (Å²) in [4.78, 5) is 26.5. The van der Waals surface area contributed by atoms with Crippen molar-refractivity contribution in [2.45, 2.75) is 26.3 Å². The highest BCUT2D eigenvalue weighted by Crippen LogP contribution is 2.32. The first-order chi connectivity index (χ1) is 12.6. The Hall–Kier alpha value is -2.34. The van der Waals surface area contributed by atoms with E-state index in [0.717, 1.165) is 23.0 Å². The maximum atomic E-state index is 12.5. The molecule has 1 aromatic heterocycles. The molecule has 0 N–H and O–H groups in total. The summed E-state index contributed by atoms with van der Waals surface area (Å²) in [7, 11) is 0. The molecule has 2 fully saturated rings. The standard InChI is InChI=1S/C20H24N2O4/c1-14-10-19(23)22(12-15-2-3-15)18-11-16(4-5-17(14)18)26-13-20(24)21-6-8-25-9-7-21/h4-5,10-11,15H,2-3,6-9,12-13H2,1H3. The Morgan fingerprint density at radius 3 is 2.73 bits per heavy atom. The minimum absolute atomic E-state index is 0.00415.